The molecule has 0 aliphatic carbocycles. The van der Waals surface area contributed by atoms with Crippen molar-refractivity contribution in [1.29, 1.82) is 0 Å². The summed E-state index contributed by atoms with van der Waals surface area (Å²) in [5.74, 6) is -0.644. The Balaban J connectivity index is 2.24. The van der Waals surface area contributed by atoms with Gasteiger partial charge in [0, 0.05) is 18.9 Å². The Kier molecular flexibility index (Phi) is 3.65. The molecule has 0 N–H and O–H groups in total. The van der Waals surface area contributed by atoms with Crippen molar-refractivity contribution in [3.05, 3.63) is 29.6 Å². The molecule has 1 aliphatic heterocycles. The van der Waals surface area contributed by atoms with Crippen molar-refractivity contribution >= 4 is 22.6 Å². The van der Waals surface area contributed by atoms with Crippen LogP contribution in [0.5, 0.6) is 0 Å². The zero-order valence-electron chi connectivity index (χ0n) is 11.1. The minimum atomic E-state index is -0.859. The maximum atomic E-state index is 14.2. The van der Waals surface area contributed by atoms with Gasteiger partial charge in [-0.3, -0.25) is 0 Å². The summed E-state index contributed by atoms with van der Waals surface area (Å²) in [6, 6.07) is 2.57. The first-order chi connectivity index (χ1) is 9.63. The molecule has 0 bridgehead atoms. The van der Waals surface area contributed by atoms with Gasteiger partial charge in [-0.1, -0.05) is 0 Å². The highest BCUT2D eigenvalue weighted by molar-refractivity contribution is 6.17. The van der Waals surface area contributed by atoms with Gasteiger partial charge in [-0.2, -0.15) is 0 Å². The van der Waals surface area contributed by atoms with Crippen LogP contribution in [0.1, 0.15) is 25.2 Å². The molecule has 0 spiro atoms. The number of fused-ring (bicyclic) bond motifs is 1. The topological polar surface area (TPSA) is 27.1 Å². The summed E-state index contributed by atoms with van der Waals surface area (Å²) in [7, 11) is 0. The smallest absolute Gasteiger partial charge is 0.184 e. The second kappa shape index (κ2) is 5.30. The molecule has 108 valence electrons. The van der Waals surface area contributed by atoms with Crippen LogP contribution in [0.25, 0.3) is 11.0 Å². The quantitative estimate of drug-likeness (QED) is 0.812. The molecule has 1 aliphatic rings. The number of benzene rings is 1. The molecule has 3 rings (SSSR count). The Morgan fingerprint density at radius 1 is 1.45 bits per heavy atom. The average molecular weight is 301 g/mol. The normalized spacial score (nSPS) is 22.8. The van der Waals surface area contributed by atoms with Crippen molar-refractivity contribution < 1.29 is 13.5 Å². The van der Waals surface area contributed by atoms with Gasteiger partial charge in [0.15, 0.2) is 11.6 Å². The number of hydrogen-bond acceptors (Lipinski definition) is 2. The summed E-state index contributed by atoms with van der Waals surface area (Å²) >= 11 is 5.80. The number of rotatable bonds is 3. The van der Waals surface area contributed by atoms with E-state index in [0.29, 0.717) is 30.2 Å². The van der Waals surface area contributed by atoms with Crippen LogP contribution in [0.15, 0.2) is 12.1 Å². The van der Waals surface area contributed by atoms with Crippen molar-refractivity contribution in [2.75, 3.05) is 12.5 Å². The lowest BCUT2D eigenvalue weighted by atomic mass is 10.1. The Labute approximate surface area is 120 Å². The molecule has 2 atom stereocenters. The predicted octanol–water partition coefficient (Wildman–Crippen LogP) is 3.45. The summed E-state index contributed by atoms with van der Waals surface area (Å²) in [6.45, 7) is 2.55. The Morgan fingerprint density at radius 2 is 2.25 bits per heavy atom. The molecular weight excluding hydrogens is 286 g/mol. The van der Waals surface area contributed by atoms with Gasteiger partial charge in [-0.25, -0.2) is 13.8 Å². The van der Waals surface area contributed by atoms with Crippen molar-refractivity contribution in [3.63, 3.8) is 0 Å². The van der Waals surface area contributed by atoms with Crippen LogP contribution in [0.2, 0.25) is 0 Å². The molecule has 0 amide bonds. The highest BCUT2D eigenvalue weighted by Gasteiger charge is 2.30. The molecule has 1 saturated heterocycles. The number of nitrogens with zero attached hydrogens (tertiary/aromatic N) is 2. The molecule has 1 aromatic heterocycles. The SMILES string of the molecule is CC1OCCC1n1c(CCCl)nc2ccc(F)c(F)c21. The van der Waals surface area contributed by atoms with E-state index in [1.165, 1.54) is 6.07 Å². The van der Waals surface area contributed by atoms with Gasteiger partial charge in [0.05, 0.1) is 17.7 Å². The van der Waals surface area contributed by atoms with Crippen LogP contribution >= 0.6 is 11.6 Å². The number of imidazole rings is 1. The second-order valence-corrected chi connectivity index (χ2v) is 5.38. The summed E-state index contributed by atoms with van der Waals surface area (Å²) in [6.07, 6.45) is 1.22. The Morgan fingerprint density at radius 3 is 2.90 bits per heavy atom. The predicted molar refractivity (Wildman–Crippen MR) is 73.1 cm³/mol. The maximum Gasteiger partial charge on any atom is 0.184 e. The number of alkyl halides is 1. The monoisotopic (exact) mass is 300 g/mol. The molecule has 1 aromatic carbocycles. The van der Waals surface area contributed by atoms with E-state index in [4.69, 9.17) is 16.3 Å². The highest BCUT2D eigenvalue weighted by Crippen LogP contribution is 2.33. The first kappa shape index (κ1) is 13.8. The van der Waals surface area contributed by atoms with Crippen LogP contribution in [0.3, 0.4) is 0 Å². The molecule has 2 unspecified atom stereocenters. The van der Waals surface area contributed by atoms with E-state index in [1.807, 2.05) is 6.92 Å². The fraction of sp³-hybridized carbons (Fsp3) is 0.500. The fourth-order valence-corrected chi connectivity index (χ4v) is 3.02. The van der Waals surface area contributed by atoms with Crippen LogP contribution < -0.4 is 0 Å². The molecule has 20 heavy (non-hydrogen) atoms. The number of aryl methyl sites for hydroxylation is 1. The zero-order chi connectivity index (χ0) is 14.3. The zero-order valence-corrected chi connectivity index (χ0v) is 11.8. The maximum absolute atomic E-state index is 14.2. The average Bonchev–Trinajstić information content (AvgIpc) is 2.98. The van der Waals surface area contributed by atoms with Gasteiger partial charge < -0.3 is 9.30 Å². The molecule has 0 saturated carbocycles. The number of aromatic nitrogens is 2. The van der Waals surface area contributed by atoms with Crippen molar-refractivity contribution in [2.24, 2.45) is 0 Å². The summed E-state index contributed by atoms with van der Waals surface area (Å²) in [5.41, 5.74) is 0.676. The Hall–Kier alpha value is -1.20. The van der Waals surface area contributed by atoms with Gasteiger partial charge in [0.2, 0.25) is 0 Å². The molecule has 2 heterocycles. The third kappa shape index (κ3) is 2.09. The van der Waals surface area contributed by atoms with Crippen LogP contribution in [-0.4, -0.2) is 28.1 Å². The summed E-state index contributed by atoms with van der Waals surface area (Å²) in [4.78, 5) is 4.40. The largest absolute Gasteiger partial charge is 0.376 e. The summed E-state index contributed by atoms with van der Waals surface area (Å²) < 4.78 is 35.0. The van der Waals surface area contributed by atoms with Gasteiger partial charge >= 0.3 is 0 Å². The van der Waals surface area contributed by atoms with Gasteiger partial charge in [-0.15, -0.1) is 11.6 Å². The minimum absolute atomic E-state index is 0.0329. The lowest BCUT2D eigenvalue weighted by Crippen LogP contribution is -2.20. The molecule has 3 nitrogen and oxygen atoms in total. The van der Waals surface area contributed by atoms with E-state index in [9.17, 15) is 8.78 Å². The number of ether oxygens (including phenoxy) is 1. The van der Waals surface area contributed by atoms with E-state index in [2.05, 4.69) is 4.98 Å². The molecule has 1 fully saturated rings. The van der Waals surface area contributed by atoms with Crippen LogP contribution in [0, 0.1) is 11.6 Å². The third-order valence-electron chi connectivity index (χ3n) is 3.80. The molecule has 6 heteroatoms. The second-order valence-electron chi connectivity index (χ2n) is 5.00. The van der Waals surface area contributed by atoms with Crippen molar-refractivity contribution in [3.8, 4) is 0 Å². The fourth-order valence-electron chi connectivity index (χ4n) is 2.85. The molecular formula is C14H15ClF2N2O. The van der Waals surface area contributed by atoms with E-state index in [1.54, 1.807) is 4.57 Å². The van der Waals surface area contributed by atoms with Gasteiger partial charge in [-0.05, 0) is 25.5 Å². The molecule has 2 aromatic rings. The lowest BCUT2D eigenvalue weighted by molar-refractivity contribution is 0.108. The molecule has 0 radical (unpaired) electrons. The van der Waals surface area contributed by atoms with E-state index < -0.39 is 11.6 Å². The highest BCUT2D eigenvalue weighted by atomic mass is 35.5. The number of halogens is 3. The van der Waals surface area contributed by atoms with Crippen LogP contribution in [-0.2, 0) is 11.2 Å². The van der Waals surface area contributed by atoms with Gasteiger partial charge in [0.1, 0.15) is 11.3 Å². The van der Waals surface area contributed by atoms with Gasteiger partial charge in [0.25, 0.3) is 0 Å². The first-order valence-electron chi connectivity index (χ1n) is 6.66. The van der Waals surface area contributed by atoms with E-state index in [0.717, 1.165) is 12.5 Å². The minimum Gasteiger partial charge on any atom is -0.376 e. The summed E-state index contributed by atoms with van der Waals surface area (Å²) in [5, 5.41) is 0. The standard InChI is InChI=1S/C14H15ClF2N2O/c1-8-11(5-7-20-8)19-12(4-6-15)18-10-3-2-9(16)13(17)14(10)19/h2-3,8,11H,4-7H2,1H3. The van der Waals surface area contributed by atoms with Crippen molar-refractivity contribution in [1.82, 2.24) is 9.55 Å². The van der Waals surface area contributed by atoms with Crippen molar-refractivity contribution in [2.45, 2.75) is 31.9 Å². The third-order valence-corrected chi connectivity index (χ3v) is 3.99. The van der Waals surface area contributed by atoms with Crippen LogP contribution in [0.4, 0.5) is 8.78 Å². The van der Waals surface area contributed by atoms with E-state index in [-0.39, 0.29) is 17.7 Å². The van der Waals surface area contributed by atoms with E-state index >= 15 is 0 Å². The lowest BCUT2D eigenvalue weighted by Gasteiger charge is -2.19. The number of hydrogen-bond donors (Lipinski definition) is 0. The first-order valence-corrected chi connectivity index (χ1v) is 7.19. The Bertz CT molecular complexity index is 644.